The first-order valence-corrected chi connectivity index (χ1v) is 4.63. The molecule has 2 N–H and O–H groups in total. The summed E-state index contributed by atoms with van der Waals surface area (Å²) in [5.74, 6) is -0.318. The highest BCUT2D eigenvalue weighted by Crippen LogP contribution is 2.07. The highest BCUT2D eigenvalue weighted by Gasteiger charge is 2.05. The number of hydrogen-bond acceptors (Lipinski definition) is 3. The van der Waals surface area contributed by atoms with Gasteiger partial charge in [0.05, 0.1) is 12.7 Å². The summed E-state index contributed by atoms with van der Waals surface area (Å²) in [6, 6.07) is 0.0629. The van der Waals surface area contributed by atoms with Crippen molar-refractivity contribution in [1.29, 1.82) is 0 Å². The summed E-state index contributed by atoms with van der Waals surface area (Å²) in [6.07, 6.45) is 10.9. The molecule has 0 saturated carbocycles. The maximum atomic E-state index is 11.2. The molecule has 0 amide bonds. The van der Waals surface area contributed by atoms with Crippen LogP contribution in [0.15, 0.2) is 36.0 Å². The van der Waals surface area contributed by atoms with E-state index in [0.717, 1.165) is 12.8 Å². The number of hydrogen-bond donors (Lipinski definition) is 1. The van der Waals surface area contributed by atoms with Crippen molar-refractivity contribution in [3.63, 3.8) is 0 Å². The molecule has 1 aliphatic rings. The average molecular weight is 193 g/mol. The third kappa shape index (κ3) is 3.18. The fraction of sp³-hybridized carbons (Fsp3) is 0.364. The van der Waals surface area contributed by atoms with Crippen LogP contribution in [0.2, 0.25) is 0 Å². The molecule has 1 aliphatic carbocycles. The van der Waals surface area contributed by atoms with Gasteiger partial charge in [-0.25, -0.2) is 4.79 Å². The molecule has 0 aromatic carbocycles. The van der Waals surface area contributed by atoms with E-state index in [0.29, 0.717) is 5.57 Å². The van der Waals surface area contributed by atoms with Crippen LogP contribution in [-0.4, -0.2) is 19.1 Å². The smallest absolute Gasteiger partial charge is 0.337 e. The molecule has 0 radical (unpaired) electrons. The minimum absolute atomic E-state index is 0.0629. The Morgan fingerprint density at radius 2 is 2.43 bits per heavy atom. The first-order valence-electron chi connectivity index (χ1n) is 4.63. The summed E-state index contributed by atoms with van der Waals surface area (Å²) in [4.78, 5) is 11.2. The Morgan fingerprint density at radius 1 is 1.64 bits per heavy atom. The zero-order valence-corrected chi connectivity index (χ0v) is 8.27. The lowest BCUT2D eigenvalue weighted by Gasteiger charge is -2.00. The lowest BCUT2D eigenvalue weighted by atomic mass is 10.1. The molecule has 1 rings (SSSR count). The van der Waals surface area contributed by atoms with Gasteiger partial charge in [-0.2, -0.15) is 0 Å². The first kappa shape index (κ1) is 10.7. The third-order valence-corrected chi connectivity index (χ3v) is 2.02. The Kier molecular flexibility index (Phi) is 4.13. The Labute approximate surface area is 83.9 Å². The van der Waals surface area contributed by atoms with Gasteiger partial charge >= 0.3 is 5.97 Å². The second kappa shape index (κ2) is 5.40. The van der Waals surface area contributed by atoms with E-state index < -0.39 is 0 Å². The number of carbonyl (C=O) groups is 1. The van der Waals surface area contributed by atoms with Crippen LogP contribution in [0, 0.1) is 0 Å². The summed E-state index contributed by atoms with van der Waals surface area (Å²) in [7, 11) is 1.37. The van der Waals surface area contributed by atoms with Gasteiger partial charge in [-0.3, -0.25) is 0 Å². The van der Waals surface area contributed by atoms with Crippen molar-refractivity contribution in [2.75, 3.05) is 7.11 Å². The number of esters is 1. The van der Waals surface area contributed by atoms with Crippen LogP contribution in [0.4, 0.5) is 0 Å². The number of carbonyl (C=O) groups excluding carboxylic acids is 1. The van der Waals surface area contributed by atoms with Crippen LogP contribution in [-0.2, 0) is 9.53 Å². The van der Waals surface area contributed by atoms with Crippen molar-refractivity contribution in [3.05, 3.63) is 36.0 Å². The van der Waals surface area contributed by atoms with E-state index in [-0.39, 0.29) is 12.0 Å². The highest BCUT2D eigenvalue weighted by molar-refractivity contribution is 5.91. The molecule has 1 atom stereocenters. The van der Waals surface area contributed by atoms with Crippen molar-refractivity contribution in [2.24, 2.45) is 5.73 Å². The van der Waals surface area contributed by atoms with Crippen LogP contribution in [0.3, 0.4) is 0 Å². The molecule has 3 nitrogen and oxygen atoms in total. The number of rotatable bonds is 1. The van der Waals surface area contributed by atoms with Gasteiger partial charge < -0.3 is 10.5 Å². The van der Waals surface area contributed by atoms with Crippen molar-refractivity contribution < 1.29 is 9.53 Å². The lowest BCUT2D eigenvalue weighted by molar-refractivity contribution is -0.135. The average Bonchev–Trinajstić information content (AvgIpc) is 2.29. The maximum Gasteiger partial charge on any atom is 0.337 e. The number of ether oxygens (including phenoxy) is 1. The van der Waals surface area contributed by atoms with Gasteiger partial charge in [0.25, 0.3) is 0 Å². The van der Waals surface area contributed by atoms with Crippen molar-refractivity contribution in [2.45, 2.75) is 18.9 Å². The zero-order valence-electron chi connectivity index (χ0n) is 8.27. The topological polar surface area (TPSA) is 52.3 Å². The van der Waals surface area contributed by atoms with E-state index in [2.05, 4.69) is 4.74 Å². The number of methoxy groups -OCH3 is 1. The van der Waals surface area contributed by atoms with Crippen LogP contribution in [0.25, 0.3) is 0 Å². The summed E-state index contributed by atoms with van der Waals surface area (Å²) in [5.41, 5.74) is 6.32. The molecule has 0 saturated heterocycles. The normalized spacial score (nSPS) is 30.1. The molecule has 0 aromatic heterocycles. The Morgan fingerprint density at radius 3 is 3.14 bits per heavy atom. The molecule has 0 fully saturated rings. The largest absolute Gasteiger partial charge is 0.465 e. The highest BCUT2D eigenvalue weighted by atomic mass is 16.5. The zero-order chi connectivity index (χ0) is 10.4. The predicted octanol–water partition coefficient (Wildman–Crippen LogP) is 1.32. The molecule has 3 heteroatoms. The van der Waals surface area contributed by atoms with Crippen LogP contribution in [0.5, 0.6) is 0 Å². The summed E-state index contributed by atoms with van der Waals surface area (Å²) in [5, 5.41) is 0. The second-order valence-corrected chi connectivity index (χ2v) is 3.14. The molecule has 0 heterocycles. The molecule has 1 unspecified atom stereocenters. The quantitative estimate of drug-likeness (QED) is 0.639. The van der Waals surface area contributed by atoms with E-state index in [1.165, 1.54) is 7.11 Å². The van der Waals surface area contributed by atoms with Crippen LogP contribution < -0.4 is 5.73 Å². The van der Waals surface area contributed by atoms with Crippen LogP contribution in [0.1, 0.15) is 12.8 Å². The van der Waals surface area contributed by atoms with Crippen molar-refractivity contribution in [3.8, 4) is 0 Å². The molecule has 0 spiro atoms. The lowest BCUT2D eigenvalue weighted by Crippen LogP contribution is -2.15. The standard InChI is InChI=1S/C11H15NO2/c1-14-11(13)9-5-2-3-7-10(12)8-4-6-9/h2,4-6,8,10H,3,7,12H2,1H3/b5-2+,8-4+,9-6+. The fourth-order valence-corrected chi connectivity index (χ4v) is 1.21. The molecule has 14 heavy (non-hydrogen) atoms. The van der Waals surface area contributed by atoms with E-state index >= 15 is 0 Å². The summed E-state index contributed by atoms with van der Waals surface area (Å²) < 4.78 is 4.63. The molecular formula is C11H15NO2. The third-order valence-electron chi connectivity index (χ3n) is 2.02. The van der Waals surface area contributed by atoms with E-state index in [4.69, 9.17) is 5.73 Å². The van der Waals surface area contributed by atoms with Crippen molar-refractivity contribution >= 4 is 5.97 Å². The number of allylic oxidation sites excluding steroid dienone is 3. The molecule has 0 aromatic rings. The fourth-order valence-electron chi connectivity index (χ4n) is 1.21. The SMILES string of the molecule is COC(=O)C1=C/C=C/C(N)CC\C=C\1. The summed E-state index contributed by atoms with van der Waals surface area (Å²) in [6.45, 7) is 0. The summed E-state index contributed by atoms with van der Waals surface area (Å²) >= 11 is 0. The van der Waals surface area contributed by atoms with Gasteiger partial charge in [0.2, 0.25) is 0 Å². The molecule has 0 aliphatic heterocycles. The molecular weight excluding hydrogens is 178 g/mol. The van der Waals surface area contributed by atoms with E-state index in [1.807, 2.05) is 12.2 Å². The Hall–Kier alpha value is -1.35. The first-order chi connectivity index (χ1) is 6.74. The molecule has 0 bridgehead atoms. The molecule has 76 valence electrons. The predicted molar refractivity (Wildman–Crippen MR) is 55.6 cm³/mol. The van der Waals surface area contributed by atoms with Crippen molar-refractivity contribution in [1.82, 2.24) is 0 Å². The Bertz CT molecular complexity index is 290. The maximum absolute atomic E-state index is 11.2. The number of nitrogens with two attached hydrogens (primary N) is 1. The van der Waals surface area contributed by atoms with E-state index in [1.54, 1.807) is 18.2 Å². The minimum atomic E-state index is -0.318. The van der Waals surface area contributed by atoms with Gasteiger partial charge in [0.15, 0.2) is 0 Å². The van der Waals surface area contributed by atoms with Gasteiger partial charge in [-0.1, -0.05) is 24.3 Å². The van der Waals surface area contributed by atoms with Gasteiger partial charge in [0.1, 0.15) is 0 Å². The van der Waals surface area contributed by atoms with Gasteiger partial charge in [-0.05, 0) is 18.9 Å². The van der Waals surface area contributed by atoms with Gasteiger partial charge in [-0.15, -0.1) is 0 Å². The van der Waals surface area contributed by atoms with Gasteiger partial charge in [0, 0.05) is 6.04 Å². The second-order valence-electron chi connectivity index (χ2n) is 3.14. The van der Waals surface area contributed by atoms with Crippen LogP contribution >= 0.6 is 0 Å². The minimum Gasteiger partial charge on any atom is -0.465 e. The Balaban J connectivity index is 2.81. The van der Waals surface area contributed by atoms with E-state index in [9.17, 15) is 4.79 Å². The monoisotopic (exact) mass is 193 g/mol.